The number of rotatable bonds is 5. The van der Waals surface area contributed by atoms with E-state index in [1.165, 1.54) is 12.8 Å². The predicted molar refractivity (Wildman–Crippen MR) is 82.3 cm³/mol. The van der Waals surface area contributed by atoms with Crippen LogP contribution in [0.15, 0.2) is 18.2 Å². The second-order valence-corrected chi connectivity index (χ2v) is 5.83. The Balaban J connectivity index is 2.00. The maximum atomic E-state index is 7.42. The molecule has 4 nitrogen and oxygen atoms in total. The molecule has 1 saturated heterocycles. The molecule has 0 saturated carbocycles. The van der Waals surface area contributed by atoms with Crippen molar-refractivity contribution >= 4 is 17.4 Å². The van der Waals surface area contributed by atoms with Crippen LogP contribution in [-0.2, 0) is 11.3 Å². The molecule has 3 N–H and O–H groups in total. The van der Waals surface area contributed by atoms with Crippen molar-refractivity contribution in [2.75, 3.05) is 26.8 Å². The van der Waals surface area contributed by atoms with Gasteiger partial charge in [0.1, 0.15) is 5.84 Å². The molecule has 5 heteroatoms. The molecule has 110 valence electrons. The number of nitrogen functional groups attached to an aromatic ring is 1. The van der Waals surface area contributed by atoms with E-state index < -0.39 is 0 Å². The van der Waals surface area contributed by atoms with Crippen LogP contribution in [0, 0.1) is 11.3 Å². The number of piperidine rings is 1. The van der Waals surface area contributed by atoms with Gasteiger partial charge in [-0.15, -0.1) is 0 Å². The highest BCUT2D eigenvalue weighted by molar-refractivity contribution is 6.31. The zero-order chi connectivity index (χ0) is 14.5. The number of nitrogens with two attached hydrogens (primary N) is 1. The van der Waals surface area contributed by atoms with Gasteiger partial charge in [-0.3, -0.25) is 10.3 Å². The van der Waals surface area contributed by atoms with Crippen molar-refractivity contribution < 1.29 is 4.74 Å². The topological polar surface area (TPSA) is 62.3 Å². The van der Waals surface area contributed by atoms with Crippen LogP contribution < -0.4 is 5.73 Å². The first-order valence-electron chi connectivity index (χ1n) is 6.94. The van der Waals surface area contributed by atoms with Crippen molar-refractivity contribution in [2.45, 2.75) is 19.4 Å². The van der Waals surface area contributed by atoms with E-state index in [1.807, 2.05) is 12.1 Å². The van der Waals surface area contributed by atoms with Gasteiger partial charge in [0, 0.05) is 30.8 Å². The van der Waals surface area contributed by atoms with Gasteiger partial charge < -0.3 is 10.5 Å². The highest BCUT2D eigenvalue weighted by Crippen LogP contribution is 2.23. The molecule has 1 unspecified atom stereocenters. The minimum atomic E-state index is 0.0524. The Hall–Kier alpha value is -1.10. The molecule has 1 atom stereocenters. The molecular formula is C15H22ClN3O. The van der Waals surface area contributed by atoms with Crippen LogP contribution in [0.5, 0.6) is 0 Å². The second-order valence-electron chi connectivity index (χ2n) is 5.42. The average molecular weight is 296 g/mol. The van der Waals surface area contributed by atoms with Crippen LogP contribution in [0.4, 0.5) is 0 Å². The molecule has 0 spiro atoms. The van der Waals surface area contributed by atoms with E-state index in [0.29, 0.717) is 16.5 Å². The average Bonchev–Trinajstić information content (AvgIpc) is 2.42. The lowest BCUT2D eigenvalue weighted by molar-refractivity contribution is 0.0874. The number of likely N-dealkylation sites (tertiary alicyclic amines) is 1. The molecule has 0 aliphatic carbocycles. The van der Waals surface area contributed by atoms with Crippen molar-refractivity contribution in [3.63, 3.8) is 0 Å². The number of hydrogen-bond donors (Lipinski definition) is 2. The summed E-state index contributed by atoms with van der Waals surface area (Å²) in [6.45, 7) is 3.83. The molecule has 20 heavy (non-hydrogen) atoms. The van der Waals surface area contributed by atoms with Crippen LogP contribution in [0.3, 0.4) is 0 Å². The maximum Gasteiger partial charge on any atom is 0.122 e. The number of nitrogens with zero attached hydrogens (tertiary/aromatic N) is 1. The number of amidine groups is 1. The fraction of sp³-hybridized carbons (Fsp3) is 0.533. The van der Waals surface area contributed by atoms with Gasteiger partial charge in [0.15, 0.2) is 0 Å². The molecule has 1 aromatic carbocycles. The fourth-order valence-corrected chi connectivity index (χ4v) is 2.99. The van der Waals surface area contributed by atoms with Gasteiger partial charge in [0.2, 0.25) is 0 Å². The van der Waals surface area contributed by atoms with E-state index in [0.717, 1.165) is 31.8 Å². The molecule has 0 aromatic heterocycles. The second kappa shape index (κ2) is 7.07. The molecule has 1 aliphatic heterocycles. The third-order valence-electron chi connectivity index (χ3n) is 3.76. The Labute approximate surface area is 125 Å². The van der Waals surface area contributed by atoms with E-state index in [-0.39, 0.29) is 5.84 Å². The number of nitrogens with one attached hydrogen (secondary N) is 1. The third-order valence-corrected chi connectivity index (χ3v) is 4.12. The van der Waals surface area contributed by atoms with Crippen molar-refractivity contribution in [1.82, 2.24) is 4.90 Å². The van der Waals surface area contributed by atoms with Crippen molar-refractivity contribution in [3.05, 3.63) is 34.3 Å². The normalized spacial score (nSPS) is 20.0. The Kier molecular flexibility index (Phi) is 5.40. The highest BCUT2D eigenvalue weighted by atomic mass is 35.5. The highest BCUT2D eigenvalue weighted by Gasteiger charge is 2.20. The standard InChI is InChI=1S/C15H22ClN3O/c1-20-10-11-3-2-6-19(8-11)9-13-5-4-12(15(17)18)7-14(13)16/h4-5,7,11H,2-3,6,8-10H2,1H3,(H3,17,18). The SMILES string of the molecule is COCC1CCCN(Cc2ccc(C(=N)N)cc2Cl)C1. The lowest BCUT2D eigenvalue weighted by atomic mass is 9.98. The summed E-state index contributed by atoms with van der Waals surface area (Å²) in [5.41, 5.74) is 7.24. The Morgan fingerprint density at radius 1 is 1.55 bits per heavy atom. The van der Waals surface area contributed by atoms with Gasteiger partial charge in [-0.1, -0.05) is 23.7 Å². The maximum absolute atomic E-state index is 7.42. The van der Waals surface area contributed by atoms with E-state index in [1.54, 1.807) is 13.2 Å². The van der Waals surface area contributed by atoms with Gasteiger partial charge in [-0.2, -0.15) is 0 Å². The molecule has 0 bridgehead atoms. The van der Waals surface area contributed by atoms with Crippen LogP contribution in [0.1, 0.15) is 24.0 Å². The Bertz CT molecular complexity index is 476. The van der Waals surface area contributed by atoms with Crippen LogP contribution in [-0.4, -0.2) is 37.5 Å². The third kappa shape index (κ3) is 3.95. The molecule has 1 aromatic rings. The summed E-state index contributed by atoms with van der Waals surface area (Å²) in [6.07, 6.45) is 2.44. The first-order chi connectivity index (χ1) is 9.60. The van der Waals surface area contributed by atoms with Gasteiger partial charge in [-0.25, -0.2) is 0 Å². The monoisotopic (exact) mass is 295 g/mol. The summed E-state index contributed by atoms with van der Waals surface area (Å²) >= 11 is 6.29. The Morgan fingerprint density at radius 2 is 2.35 bits per heavy atom. The van der Waals surface area contributed by atoms with Gasteiger partial charge in [0.05, 0.1) is 6.61 Å². The number of methoxy groups -OCH3 is 1. The van der Waals surface area contributed by atoms with E-state index in [4.69, 9.17) is 27.5 Å². The summed E-state index contributed by atoms with van der Waals surface area (Å²) in [5.74, 6) is 0.667. The van der Waals surface area contributed by atoms with E-state index in [2.05, 4.69) is 4.90 Å². The van der Waals surface area contributed by atoms with Crippen molar-refractivity contribution in [2.24, 2.45) is 11.7 Å². The summed E-state index contributed by atoms with van der Waals surface area (Å²) in [7, 11) is 1.76. The van der Waals surface area contributed by atoms with Crippen LogP contribution in [0.25, 0.3) is 0 Å². The molecule has 1 aliphatic rings. The zero-order valence-electron chi connectivity index (χ0n) is 11.9. The minimum absolute atomic E-state index is 0.0524. The van der Waals surface area contributed by atoms with Crippen molar-refractivity contribution in [1.29, 1.82) is 5.41 Å². The van der Waals surface area contributed by atoms with Gasteiger partial charge >= 0.3 is 0 Å². The quantitative estimate of drug-likeness (QED) is 0.648. The molecule has 1 heterocycles. The smallest absolute Gasteiger partial charge is 0.122 e. The van der Waals surface area contributed by atoms with E-state index in [9.17, 15) is 0 Å². The molecule has 0 radical (unpaired) electrons. The summed E-state index contributed by atoms with van der Waals surface area (Å²) in [5, 5.41) is 8.11. The first kappa shape index (κ1) is 15.3. The van der Waals surface area contributed by atoms with Gasteiger partial charge in [-0.05, 0) is 36.9 Å². The number of halogens is 1. The van der Waals surface area contributed by atoms with E-state index >= 15 is 0 Å². The molecular weight excluding hydrogens is 274 g/mol. The molecule has 0 amide bonds. The first-order valence-corrected chi connectivity index (χ1v) is 7.32. The molecule has 1 fully saturated rings. The summed E-state index contributed by atoms with van der Waals surface area (Å²) in [6, 6.07) is 5.61. The van der Waals surface area contributed by atoms with Crippen molar-refractivity contribution in [3.8, 4) is 0 Å². The number of benzene rings is 1. The van der Waals surface area contributed by atoms with Crippen LogP contribution in [0.2, 0.25) is 5.02 Å². The predicted octanol–water partition coefficient (Wildman–Crippen LogP) is 2.48. The zero-order valence-corrected chi connectivity index (χ0v) is 12.6. The summed E-state index contributed by atoms with van der Waals surface area (Å²) in [4.78, 5) is 2.42. The molecule has 2 rings (SSSR count). The van der Waals surface area contributed by atoms with Gasteiger partial charge in [0.25, 0.3) is 0 Å². The van der Waals surface area contributed by atoms with Crippen LogP contribution >= 0.6 is 11.6 Å². The minimum Gasteiger partial charge on any atom is -0.384 e. The fourth-order valence-electron chi connectivity index (χ4n) is 2.75. The number of ether oxygens (including phenoxy) is 1. The lowest BCUT2D eigenvalue weighted by Crippen LogP contribution is -2.36. The Morgan fingerprint density at radius 3 is 3.00 bits per heavy atom. The number of hydrogen-bond acceptors (Lipinski definition) is 3. The largest absolute Gasteiger partial charge is 0.384 e. The lowest BCUT2D eigenvalue weighted by Gasteiger charge is -2.32. The summed E-state index contributed by atoms with van der Waals surface area (Å²) < 4.78 is 5.26.